The van der Waals surface area contributed by atoms with Crippen molar-refractivity contribution < 1.29 is 14.6 Å². The fraction of sp³-hybridized carbons (Fsp3) is 0.111. The van der Waals surface area contributed by atoms with Crippen molar-refractivity contribution in [1.82, 2.24) is 4.98 Å². The van der Waals surface area contributed by atoms with E-state index in [1.807, 2.05) is 31.2 Å². The summed E-state index contributed by atoms with van der Waals surface area (Å²) < 4.78 is 5.26. The minimum Gasteiger partial charge on any atom is -0.508 e. The SMILES string of the molecule is Cc1c(Cl)c(COC(=O)c2cccc(O)c2)nc2ccccc12. The Bertz CT molecular complexity index is 893. The minimum absolute atomic E-state index is 0.0113. The number of aromatic nitrogens is 1. The second-order valence-corrected chi connectivity index (χ2v) is 5.52. The Morgan fingerprint density at radius 3 is 2.78 bits per heavy atom. The zero-order valence-corrected chi connectivity index (χ0v) is 13.2. The third kappa shape index (κ3) is 3.12. The van der Waals surface area contributed by atoms with Crippen LogP contribution in [0, 0.1) is 6.92 Å². The van der Waals surface area contributed by atoms with E-state index in [9.17, 15) is 9.90 Å². The van der Waals surface area contributed by atoms with Crippen molar-refractivity contribution in [3.63, 3.8) is 0 Å². The number of aromatic hydroxyl groups is 1. The molecule has 0 aliphatic carbocycles. The van der Waals surface area contributed by atoms with Crippen molar-refractivity contribution in [2.45, 2.75) is 13.5 Å². The fourth-order valence-electron chi connectivity index (χ4n) is 2.36. The number of esters is 1. The first-order valence-corrected chi connectivity index (χ1v) is 7.44. The molecule has 0 bridgehead atoms. The van der Waals surface area contributed by atoms with Gasteiger partial charge in [-0.25, -0.2) is 9.78 Å². The Hall–Kier alpha value is -2.59. The first-order valence-electron chi connectivity index (χ1n) is 7.06. The number of carbonyl (C=O) groups is 1. The summed E-state index contributed by atoms with van der Waals surface area (Å²) in [4.78, 5) is 16.5. The minimum atomic E-state index is -0.537. The summed E-state index contributed by atoms with van der Waals surface area (Å²) in [5, 5.41) is 10.9. The number of hydrogen-bond acceptors (Lipinski definition) is 4. The zero-order chi connectivity index (χ0) is 16.4. The molecule has 5 heteroatoms. The lowest BCUT2D eigenvalue weighted by atomic mass is 10.1. The molecule has 0 spiro atoms. The molecule has 0 atom stereocenters. The maximum Gasteiger partial charge on any atom is 0.338 e. The molecular weight excluding hydrogens is 314 g/mol. The normalized spacial score (nSPS) is 10.7. The number of aryl methyl sites for hydroxylation is 1. The number of fused-ring (bicyclic) bond motifs is 1. The zero-order valence-electron chi connectivity index (χ0n) is 12.4. The third-order valence-corrected chi connectivity index (χ3v) is 4.07. The van der Waals surface area contributed by atoms with Gasteiger partial charge in [0.25, 0.3) is 0 Å². The summed E-state index contributed by atoms with van der Waals surface area (Å²) in [5.41, 5.74) is 2.49. The lowest BCUT2D eigenvalue weighted by Crippen LogP contribution is -2.07. The second kappa shape index (κ2) is 6.26. The number of rotatable bonds is 3. The number of phenols is 1. The molecule has 0 aliphatic heterocycles. The molecule has 0 unspecified atom stereocenters. The van der Waals surface area contributed by atoms with Crippen LogP contribution in [0.1, 0.15) is 21.6 Å². The van der Waals surface area contributed by atoms with Crippen molar-refractivity contribution in [2.24, 2.45) is 0 Å². The van der Waals surface area contributed by atoms with E-state index in [1.165, 1.54) is 12.1 Å². The van der Waals surface area contributed by atoms with Crippen LogP contribution in [0.2, 0.25) is 5.02 Å². The van der Waals surface area contributed by atoms with Crippen LogP contribution in [-0.2, 0) is 11.3 Å². The molecule has 0 saturated carbocycles. The van der Waals surface area contributed by atoms with Gasteiger partial charge < -0.3 is 9.84 Å². The molecule has 0 amide bonds. The Labute approximate surface area is 138 Å². The number of pyridine rings is 1. The second-order valence-electron chi connectivity index (χ2n) is 5.14. The van der Waals surface area contributed by atoms with Crippen LogP contribution < -0.4 is 0 Å². The van der Waals surface area contributed by atoms with Gasteiger partial charge in [0.2, 0.25) is 0 Å². The maximum absolute atomic E-state index is 12.0. The highest BCUT2D eigenvalue weighted by atomic mass is 35.5. The van der Waals surface area contributed by atoms with Crippen molar-refractivity contribution in [1.29, 1.82) is 0 Å². The molecule has 4 nitrogen and oxygen atoms in total. The predicted molar refractivity (Wildman–Crippen MR) is 88.7 cm³/mol. The number of phenolic OH excluding ortho intramolecular Hbond substituents is 1. The lowest BCUT2D eigenvalue weighted by Gasteiger charge is -2.10. The Balaban J connectivity index is 1.84. The average Bonchev–Trinajstić information content (AvgIpc) is 2.56. The van der Waals surface area contributed by atoms with E-state index in [0.717, 1.165) is 16.5 Å². The summed E-state index contributed by atoms with van der Waals surface area (Å²) in [6.07, 6.45) is 0. The van der Waals surface area contributed by atoms with E-state index >= 15 is 0 Å². The summed E-state index contributed by atoms with van der Waals surface area (Å²) >= 11 is 6.33. The molecule has 0 saturated heterocycles. The number of carbonyl (C=O) groups excluding carboxylic acids is 1. The number of halogens is 1. The molecule has 0 aliphatic rings. The van der Waals surface area contributed by atoms with E-state index in [1.54, 1.807) is 12.1 Å². The summed E-state index contributed by atoms with van der Waals surface area (Å²) in [6.45, 7) is 1.88. The van der Waals surface area contributed by atoms with Crippen molar-refractivity contribution in [3.05, 3.63) is 70.4 Å². The molecule has 116 valence electrons. The Morgan fingerprint density at radius 1 is 1.22 bits per heavy atom. The quantitative estimate of drug-likeness (QED) is 0.730. The standard InChI is InChI=1S/C18H14ClNO3/c1-11-14-7-2-3-8-15(14)20-16(17(11)19)10-23-18(22)12-5-4-6-13(21)9-12/h2-9,21H,10H2,1H3. The smallest absolute Gasteiger partial charge is 0.338 e. The van der Waals surface area contributed by atoms with Gasteiger partial charge in [-0.05, 0) is 36.8 Å². The monoisotopic (exact) mass is 327 g/mol. The van der Waals surface area contributed by atoms with Gasteiger partial charge in [-0.1, -0.05) is 35.9 Å². The summed E-state index contributed by atoms with van der Waals surface area (Å²) in [5.74, 6) is -0.526. The molecule has 0 radical (unpaired) electrons. The van der Waals surface area contributed by atoms with E-state index in [0.29, 0.717) is 10.7 Å². The fourth-order valence-corrected chi connectivity index (χ4v) is 2.56. The van der Waals surface area contributed by atoms with Crippen LogP contribution >= 0.6 is 11.6 Å². The van der Waals surface area contributed by atoms with E-state index in [2.05, 4.69) is 4.98 Å². The van der Waals surface area contributed by atoms with Gasteiger partial charge in [0.15, 0.2) is 0 Å². The molecule has 3 aromatic rings. The number of para-hydroxylation sites is 1. The van der Waals surface area contributed by atoms with Crippen LogP contribution in [0.25, 0.3) is 10.9 Å². The van der Waals surface area contributed by atoms with Crippen molar-refractivity contribution >= 4 is 28.5 Å². The number of hydrogen-bond donors (Lipinski definition) is 1. The van der Waals surface area contributed by atoms with Gasteiger partial charge in [-0.15, -0.1) is 0 Å². The number of ether oxygens (including phenoxy) is 1. The summed E-state index contributed by atoms with van der Waals surface area (Å²) in [6, 6.07) is 13.6. The van der Waals surface area contributed by atoms with Gasteiger partial charge in [-0.3, -0.25) is 0 Å². The number of nitrogens with zero attached hydrogens (tertiary/aromatic N) is 1. The predicted octanol–water partition coefficient (Wildman–Crippen LogP) is 4.26. The topological polar surface area (TPSA) is 59.4 Å². The highest BCUT2D eigenvalue weighted by Crippen LogP contribution is 2.27. The molecule has 23 heavy (non-hydrogen) atoms. The molecule has 1 heterocycles. The van der Waals surface area contributed by atoms with Crippen LogP contribution in [0.3, 0.4) is 0 Å². The molecule has 1 N–H and O–H groups in total. The van der Waals surface area contributed by atoms with Gasteiger partial charge in [0.05, 0.1) is 21.8 Å². The van der Waals surface area contributed by atoms with Crippen LogP contribution in [0.5, 0.6) is 5.75 Å². The van der Waals surface area contributed by atoms with Crippen molar-refractivity contribution in [3.8, 4) is 5.75 Å². The first-order chi connectivity index (χ1) is 11.1. The Morgan fingerprint density at radius 2 is 2.00 bits per heavy atom. The molecule has 1 aromatic heterocycles. The van der Waals surface area contributed by atoms with Gasteiger partial charge in [-0.2, -0.15) is 0 Å². The molecular formula is C18H14ClNO3. The van der Waals surface area contributed by atoms with E-state index in [4.69, 9.17) is 16.3 Å². The first kappa shape index (κ1) is 15.3. The highest BCUT2D eigenvalue weighted by Gasteiger charge is 2.13. The summed E-state index contributed by atoms with van der Waals surface area (Å²) in [7, 11) is 0. The van der Waals surface area contributed by atoms with E-state index in [-0.39, 0.29) is 17.9 Å². The van der Waals surface area contributed by atoms with Gasteiger partial charge in [0, 0.05) is 5.39 Å². The van der Waals surface area contributed by atoms with E-state index < -0.39 is 5.97 Å². The average molecular weight is 328 g/mol. The largest absolute Gasteiger partial charge is 0.508 e. The molecule has 0 fully saturated rings. The van der Waals surface area contributed by atoms with Gasteiger partial charge >= 0.3 is 5.97 Å². The Kier molecular flexibility index (Phi) is 4.17. The van der Waals surface area contributed by atoms with Crippen molar-refractivity contribution in [2.75, 3.05) is 0 Å². The molecule has 3 rings (SSSR count). The third-order valence-electron chi connectivity index (χ3n) is 3.57. The highest BCUT2D eigenvalue weighted by molar-refractivity contribution is 6.32. The van der Waals surface area contributed by atoms with Gasteiger partial charge in [0.1, 0.15) is 12.4 Å². The lowest BCUT2D eigenvalue weighted by molar-refractivity contribution is 0.0467. The molecule has 2 aromatic carbocycles. The van der Waals surface area contributed by atoms with Crippen LogP contribution in [-0.4, -0.2) is 16.1 Å². The van der Waals surface area contributed by atoms with Crippen LogP contribution in [0.15, 0.2) is 48.5 Å². The van der Waals surface area contributed by atoms with Crippen LogP contribution in [0.4, 0.5) is 0 Å². The maximum atomic E-state index is 12.0. The number of benzene rings is 2.